The van der Waals surface area contributed by atoms with Crippen LogP contribution in [0.4, 0.5) is 10.6 Å². The van der Waals surface area contributed by atoms with E-state index in [9.17, 15) is 9.59 Å². The fourth-order valence-corrected chi connectivity index (χ4v) is 3.49. The average molecular weight is 408 g/mol. The third-order valence-electron chi connectivity index (χ3n) is 5.04. The van der Waals surface area contributed by atoms with Gasteiger partial charge in [0.05, 0.1) is 12.1 Å². The Morgan fingerprint density at radius 2 is 2.03 bits per heavy atom. The summed E-state index contributed by atoms with van der Waals surface area (Å²) in [5.41, 5.74) is 1.33. The number of nitrogens with one attached hydrogen (secondary N) is 1. The van der Waals surface area contributed by atoms with Crippen LogP contribution in [0.25, 0.3) is 5.78 Å². The van der Waals surface area contributed by atoms with Crippen molar-refractivity contribution in [2.45, 2.75) is 52.3 Å². The topological polar surface area (TPSA) is 103 Å². The molecule has 4 rings (SSSR count). The molecule has 0 atom stereocenters. The Morgan fingerprint density at radius 1 is 1.20 bits per heavy atom. The Kier molecular flexibility index (Phi) is 5.87. The number of amides is 1. The first-order valence-electron chi connectivity index (χ1n) is 10.2. The Balaban J connectivity index is 1.52. The second-order valence-corrected chi connectivity index (χ2v) is 7.15. The highest BCUT2D eigenvalue weighted by molar-refractivity contribution is 5.74. The number of hydrogen-bond acceptors (Lipinski definition) is 6. The number of carbonyl (C=O) groups excluding carboxylic acids is 1. The van der Waals surface area contributed by atoms with Gasteiger partial charge >= 0.3 is 6.09 Å². The second-order valence-electron chi connectivity index (χ2n) is 7.15. The molecule has 30 heavy (non-hydrogen) atoms. The number of alkyl carbamates (subject to hydrolysis) is 1. The summed E-state index contributed by atoms with van der Waals surface area (Å²) >= 11 is 0. The van der Waals surface area contributed by atoms with Crippen molar-refractivity contribution in [3.8, 4) is 0 Å². The van der Waals surface area contributed by atoms with Gasteiger partial charge < -0.3 is 10.1 Å². The molecule has 3 aromatic rings. The van der Waals surface area contributed by atoms with Gasteiger partial charge in [0, 0.05) is 19.2 Å². The van der Waals surface area contributed by atoms with E-state index in [1.807, 2.05) is 34.9 Å². The van der Waals surface area contributed by atoms with Gasteiger partial charge in [-0.15, -0.1) is 10.2 Å². The molecule has 2 aromatic heterocycles. The number of ether oxygens (including phenoxy) is 1. The summed E-state index contributed by atoms with van der Waals surface area (Å²) in [6.07, 6.45) is 4.78. The van der Waals surface area contributed by atoms with Crippen LogP contribution < -0.4 is 10.9 Å². The van der Waals surface area contributed by atoms with Crippen LogP contribution in [-0.2, 0) is 30.9 Å². The minimum absolute atomic E-state index is 0.0403. The lowest BCUT2D eigenvalue weighted by Gasteiger charge is -2.12. The molecule has 0 bridgehead atoms. The number of hydrogen-bond donors (Lipinski definition) is 1. The molecule has 0 saturated heterocycles. The van der Waals surface area contributed by atoms with E-state index in [0.29, 0.717) is 35.9 Å². The zero-order valence-corrected chi connectivity index (χ0v) is 16.9. The summed E-state index contributed by atoms with van der Waals surface area (Å²) in [5, 5.41) is 11.0. The van der Waals surface area contributed by atoms with Crippen LogP contribution in [-0.4, -0.2) is 31.5 Å². The summed E-state index contributed by atoms with van der Waals surface area (Å²) in [6.45, 7) is 3.06. The molecule has 0 aliphatic carbocycles. The van der Waals surface area contributed by atoms with Crippen molar-refractivity contribution < 1.29 is 9.53 Å². The number of benzene rings is 1. The van der Waals surface area contributed by atoms with Gasteiger partial charge in [0.2, 0.25) is 5.78 Å². The van der Waals surface area contributed by atoms with Crippen molar-refractivity contribution in [2.75, 3.05) is 0 Å². The minimum atomic E-state index is -0.580. The summed E-state index contributed by atoms with van der Waals surface area (Å²) in [5.74, 6) is 1.48. The highest BCUT2D eigenvalue weighted by atomic mass is 16.5. The van der Waals surface area contributed by atoms with E-state index >= 15 is 0 Å². The molecule has 1 aliphatic rings. The number of carbonyl (C=O) groups is 1. The molecule has 0 spiro atoms. The van der Waals surface area contributed by atoms with Gasteiger partial charge in [-0.05, 0) is 12.0 Å². The zero-order chi connectivity index (χ0) is 20.9. The van der Waals surface area contributed by atoms with Crippen LogP contribution >= 0.6 is 0 Å². The number of aromatic nitrogens is 4. The average Bonchev–Trinajstić information content (AvgIpc) is 3.42. The van der Waals surface area contributed by atoms with Gasteiger partial charge in [-0.3, -0.25) is 9.36 Å². The molecule has 0 saturated carbocycles. The molecule has 156 valence electrons. The Bertz CT molecular complexity index is 1130. The fourth-order valence-electron chi connectivity index (χ4n) is 3.49. The molecule has 3 heterocycles. The first-order chi connectivity index (χ1) is 14.7. The number of fused-ring (bicyclic) bond motifs is 2. The molecule has 1 N–H and O–H groups in total. The summed E-state index contributed by atoms with van der Waals surface area (Å²) < 4.78 is 8.63. The van der Waals surface area contributed by atoms with Crippen molar-refractivity contribution >= 4 is 23.9 Å². The quantitative estimate of drug-likeness (QED) is 0.577. The van der Waals surface area contributed by atoms with Gasteiger partial charge in [-0.2, -0.15) is 0 Å². The molecule has 9 nitrogen and oxygen atoms in total. The molecular formula is C21H24N6O3. The van der Waals surface area contributed by atoms with Crippen molar-refractivity contribution in [3.05, 3.63) is 57.6 Å². The van der Waals surface area contributed by atoms with Gasteiger partial charge in [-0.25, -0.2) is 14.2 Å². The van der Waals surface area contributed by atoms with E-state index < -0.39 is 6.09 Å². The molecule has 9 heteroatoms. The third kappa shape index (κ3) is 3.96. The van der Waals surface area contributed by atoms with E-state index in [1.54, 1.807) is 6.21 Å². The zero-order valence-electron chi connectivity index (χ0n) is 16.9. The molecule has 0 radical (unpaired) electrons. The Morgan fingerprint density at radius 3 is 2.83 bits per heavy atom. The van der Waals surface area contributed by atoms with Crippen LogP contribution in [0.5, 0.6) is 0 Å². The van der Waals surface area contributed by atoms with Crippen molar-refractivity contribution in [1.29, 1.82) is 0 Å². The fraction of sp³-hybridized carbons (Fsp3) is 0.381. The molecule has 0 fully saturated rings. The van der Waals surface area contributed by atoms with Crippen molar-refractivity contribution in [1.82, 2.24) is 24.5 Å². The summed E-state index contributed by atoms with van der Waals surface area (Å²) in [6, 6.07) is 9.42. The van der Waals surface area contributed by atoms with Crippen LogP contribution in [0.1, 0.15) is 43.1 Å². The van der Waals surface area contributed by atoms with Crippen LogP contribution in [0.15, 0.2) is 40.1 Å². The lowest BCUT2D eigenvalue weighted by molar-refractivity contribution is 0.139. The standard InChI is InChI=1S/C21H24N6O3/c1-2-3-7-12-26-18-16(10-11-22-18)19(28)27-17(24-25-20(26)27)13-23-21(29)30-14-15-8-5-4-6-9-15/h4-6,8-9,11H,2-3,7,10,12-14H2,1H3,(H,23,29). The first-order valence-corrected chi connectivity index (χ1v) is 10.2. The number of aryl methyl sites for hydroxylation is 1. The third-order valence-corrected chi connectivity index (χ3v) is 5.04. The number of nitrogens with zero attached hydrogens (tertiary/aromatic N) is 5. The van der Waals surface area contributed by atoms with E-state index in [0.717, 1.165) is 24.8 Å². The maximum atomic E-state index is 13.0. The number of rotatable bonds is 8. The highest BCUT2D eigenvalue weighted by Crippen LogP contribution is 2.24. The van der Waals surface area contributed by atoms with Gasteiger partial charge in [-0.1, -0.05) is 50.1 Å². The normalized spacial score (nSPS) is 12.3. The van der Waals surface area contributed by atoms with Gasteiger partial charge in [0.15, 0.2) is 5.82 Å². The maximum Gasteiger partial charge on any atom is 0.407 e. The molecule has 1 amide bonds. The predicted octanol–water partition coefficient (Wildman–Crippen LogP) is 2.77. The Labute approximate surface area is 173 Å². The van der Waals surface area contributed by atoms with Crippen LogP contribution in [0.2, 0.25) is 0 Å². The van der Waals surface area contributed by atoms with Gasteiger partial charge in [0.1, 0.15) is 12.4 Å². The van der Waals surface area contributed by atoms with Gasteiger partial charge in [0.25, 0.3) is 5.56 Å². The molecule has 0 unspecified atom stereocenters. The van der Waals surface area contributed by atoms with Crippen LogP contribution in [0, 0.1) is 0 Å². The maximum absolute atomic E-state index is 13.0. The minimum Gasteiger partial charge on any atom is -0.445 e. The SMILES string of the molecule is CCCCCn1c2c(c(=O)n3c(CNC(=O)OCc4ccccc4)nnc13)CC=N2. The van der Waals surface area contributed by atoms with E-state index in [4.69, 9.17) is 4.74 Å². The van der Waals surface area contributed by atoms with Crippen LogP contribution in [0.3, 0.4) is 0 Å². The molecule has 1 aliphatic heterocycles. The van der Waals surface area contributed by atoms with E-state index in [-0.39, 0.29) is 18.7 Å². The lowest BCUT2D eigenvalue weighted by atomic mass is 10.2. The second kappa shape index (κ2) is 8.89. The summed E-state index contributed by atoms with van der Waals surface area (Å²) in [4.78, 5) is 29.4. The largest absolute Gasteiger partial charge is 0.445 e. The van der Waals surface area contributed by atoms with Crippen molar-refractivity contribution in [3.63, 3.8) is 0 Å². The van der Waals surface area contributed by atoms with E-state index in [1.165, 1.54) is 4.40 Å². The Hall–Kier alpha value is -3.49. The predicted molar refractivity (Wildman–Crippen MR) is 112 cm³/mol. The molecule has 1 aromatic carbocycles. The van der Waals surface area contributed by atoms with Crippen molar-refractivity contribution in [2.24, 2.45) is 4.99 Å². The summed E-state index contributed by atoms with van der Waals surface area (Å²) in [7, 11) is 0. The first kappa shape index (κ1) is 19.8. The monoisotopic (exact) mass is 408 g/mol. The molecular weight excluding hydrogens is 384 g/mol. The highest BCUT2D eigenvalue weighted by Gasteiger charge is 2.22. The smallest absolute Gasteiger partial charge is 0.407 e. The van der Waals surface area contributed by atoms with E-state index in [2.05, 4.69) is 27.4 Å². The number of aliphatic imine (C=N–C) groups is 1. The lowest BCUT2D eigenvalue weighted by Crippen LogP contribution is -2.28. The number of unbranched alkanes of at least 4 members (excludes halogenated alkanes) is 2.